The van der Waals surface area contributed by atoms with Gasteiger partial charge in [0.1, 0.15) is 11.6 Å². The maximum absolute atomic E-state index is 9.50. The molecule has 0 radical (unpaired) electrons. The van der Waals surface area contributed by atoms with Gasteiger partial charge < -0.3 is 9.67 Å². The van der Waals surface area contributed by atoms with Gasteiger partial charge in [0, 0.05) is 12.3 Å². The van der Waals surface area contributed by atoms with Crippen molar-refractivity contribution in [2.45, 2.75) is 44.1 Å². The van der Waals surface area contributed by atoms with Gasteiger partial charge in [0.2, 0.25) is 0 Å². The predicted octanol–water partition coefficient (Wildman–Crippen LogP) is 1.76. The smallest absolute Gasteiger partial charge is 0.136 e. The lowest BCUT2D eigenvalue weighted by atomic mass is 9.99. The van der Waals surface area contributed by atoms with Crippen LogP contribution in [0.15, 0.2) is 0 Å². The van der Waals surface area contributed by atoms with Crippen molar-refractivity contribution >= 4 is 11.8 Å². The molecule has 1 aromatic rings. The van der Waals surface area contributed by atoms with Crippen LogP contribution >= 0.6 is 11.8 Å². The monoisotopic (exact) mass is 253 g/mol. The molecule has 94 valence electrons. The van der Waals surface area contributed by atoms with Crippen LogP contribution in [-0.2, 0) is 6.42 Å². The van der Waals surface area contributed by atoms with E-state index in [0.717, 1.165) is 30.9 Å². The molecule has 4 nitrogen and oxygen atoms in total. The van der Waals surface area contributed by atoms with Crippen LogP contribution in [0.25, 0.3) is 0 Å². The van der Waals surface area contributed by atoms with Gasteiger partial charge in [0.25, 0.3) is 0 Å². The maximum atomic E-state index is 9.50. The van der Waals surface area contributed by atoms with Gasteiger partial charge in [0.05, 0.1) is 12.6 Å². The number of thioether (sulfide) groups is 1. The molecule has 0 saturated carbocycles. The van der Waals surface area contributed by atoms with E-state index < -0.39 is 0 Å². The summed E-state index contributed by atoms with van der Waals surface area (Å²) in [6.07, 6.45) is 5.63. The van der Waals surface area contributed by atoms with Crippen LogP contribution in [0.2, 0.25) is 0 Å². The van der Waals surface area contributed by atoms with E-state index in [1.54, 1.807) is 0 Å². The highest BCUT2D eigenvalue weighted by Gasteiger charge is 2.28. The van der Waals surface area contributed by atoms with E-state index in [4.69, 9.17) is 0 Å². The van der Waals surface area contributed by atoms with Crippen molar-refractivity contribution in [2.24, 2.45) is 0 Å². The van der Waals surface area contributed by atoms with Gasteiger partial charge in [0.15, 0.2) is 0 Å². The molecule has 1 N–H and O–H groups in total. The number of aryl methyl sites for hydroxylation is 1. The molecule has 1 aromatic heterocycles. The van der Waals surface area contributed by atoms with Crippen LogP contribution < -0.4 is 0 Å². The SMILES string of the molecule is OCC1CCCc2nnc(C3CCSCC3)n21. The second-order valence-electron chi connectivity index (χ2n) is 4.96. The van der Waals surface area contributed by atoms with E-state index in [0.29, 0.717) is 5.92 Å². The number of nitrogens with zero attached hydrogens (tertiary/aromatic N) is 3. The van der Waals surface area contributed by atoms with Crippen molar-refractivity contribution in [3.05, 3.63) is 11.6 Å². The summed E-state index contributed by atoms with van der Waals surface area (Å²) in [6, 6.07) is 0.221. The molecule has 3 rings (SSSR count). The van der Waals surface area contributed by atoms with Crippen LogP contribution in [0, 0.1) is 0 Å². The quantitative estimate of drug-likeness (QED) is 0.872. The summed E-state index contributed by atoms with van der Waals surface area (Å²) in [5.74, 6) is 5.25. The Balaban J connectivity index is 1.91. The van der Waals surface area contributed by atoms with Crippen LogP contribution in [0.4, 0.5) is 0 Å². The Kier molecular flexibility index (Phi) is 3.38. The first-order valence-electron chi connectivity index (χ1n) is 6.52. The number of aliphatic hydroxyl groups excluding tert-OH is 1. The minimum absolute atomic E-state index is 0.221. The largest absolute Gasteiger partial charge is 0.394 e. The highest BCUT2D eigenvalue weighted by molar-refractivity contribution is 7.99. The molecular formula is C12H19N3OS. The van der Waals surface area contributed by atoms with E-state index in [9.17, 15) is 5.11 Å². The lowest BCUT2D eigenvalue weighted by Gasteiger charge is -2.28. The van der Waals surface area contributed by atoms with Gasteiger partial charge >= 0.3 is 0 Å². The third-order valence-electron chi connectivity index (χ3n) is 3.89. The summed E-state index contributed by atoms with van der Waals surface area (Å²) < 4.78 is 2.24. The standard InChI is InChI=1S/C12H19N3OS/c16-8-10-2-1-3-11-13-14-12(15(10)11)9-4-6-17-7-5-9/h9-10,16H,1-8H2. The molecule has 17 heavy (non-hydrogen) atoms. The Morgan fingerprint density at radius 2 is 2.06 bits per heavy atom. The lowest BCUT2D eigenvalue weighted by Crippen LogP contribution is -2.25. The summed E-state index contributed by atoms with van der Waals surface area (Å²) in [4.78, 5) is 0. The summed E-state index contributed by atoms with van der Waals surface area (Å²) in [5, 5.41) is 18.2. The molecule has 0 amide bonds. The Bertz CT molecular complexity index is 387. The minimum atomic E-state index is 0.221. The zero-order chi connectivity index (χ0) is 11.7. The van der Waals surface area contributed by atoms with E-state index in [-0.39, 0.29) is 12.6 Å². The first-order valence-corrected chi connectivity index (χ1v) is 7.68. The van der Waals surface area contributed by atoms with Crippen molar-refractivity contribution in [2.75, 3.05) is 18.1 Å². The molecule has 1 saturated heterocycles. The zero-order valence-corrected chi connectivity index (χ0v) is 10.8. The fourth-order valence-corrected chi connectivity index (χ4v) is 4.04. The first kappa shape index (κ1) is 11.5. The van der Waals surface area contributed by atoms with E-state index >= 15 is 0 Å². The fraction of sp³-hybridized carbons (Fsp3) is 0.833. The van der Waals surface area contributed by atoms with E-state index in [2.05, 4.69) is 14.8 Å². The summed E-state index contributed by atoms with van der Waals surface area (Å²) in [5.41, 5.74) is 0. The lowest BCUT2D eigenvalue weighted by molar-refractivity contribution is 0.201. The van der Waals surface area contributed by atoms with Gasteiger partial charge in [-0.1, -0.05) is 0 Å². The summed E-state index contributed by atoms with van der Waals surface area (Å²) >= 11 is 2.03. The van der Waals surface area contributed by atoms with Crippen LogP contribution in [0.1, 0.15) is 49.3 Å². The van der Waals surface area contributed by atoms with E-state index in [1.807, 2.05) is 11.8 Å². The molecule has 0 bridgehead atoms. The van der Waals surface area contributed by atoms with Crippen molar-refractivity contribution in [3.63, 3.8) is 0 Å². The van der Waals surface area contributed by atoms with Gasteiger partial charge in [-0.15, -0.1) is 10.2 Å². The molecule has 2 aliphatic rings. The highest BCUT2D eigenvalue weighted by Crippen LogP contribution is 2.34. The number of hydrogen-bond acceptors (Lipinski definition) is 4. The van der Waals surface area contributed by atoms with Crippen molar-refractivity contribution in [1.82, 2.24) is 14.8 Å². The zero-order valence-electron chi connectivity index (χ0n) is 10.0. The third kappa shape index (κ3) is 2.10. The molecular weight excluding hydrogens is 234 g/mol. The number of hydrogen-bond donors (Lipinski definition) is 1. The Morgan fingerprint density at radius 3 is 2.82 bits per heavy atom. The second-order valence-corrected chi connectivity index (χ2v) is 6.18. The number of fused-ring (bicyclic) bond motifs is 1. The Hall–Kier alpha value is -0.550. The van der Waals surface area contributed by atoms with Gasteiger partial charge in [-0.05, 0) is 37.2 Å². The minimum Gasteiger partial charge on any atom is -0.394 e. The predicted molar refractivity (Wildman–Crippen MR) is 68.4 cm³/mol. The average molecular weight is 253 g/mol. The summed E-state index contributed by atoms with van der Waals surface area (Å²) in [7, 11) is 0. The van der Waals surface area contributed by atoms with Gasteiger partial charge in [-0.25, -0.2) is 0 Å². The Labute approximate surface area is 106 Å². The van der Waals surface area contributed by atoms with E-state index in [1.165, 1.54) is 24.3 Å². The van der Waals surface area contributed by atoms with Crippen LogP contribution in [0.3, 0.4) is 0 Å². The third-order valence-corrected chi connectivity index (χ3v) is 4.94. The molecule has 1 unspecified atom stereocenters. The summed E-state index contributed by atoms with van der Waals surface area (Å²) in [6.45, 7) is 0.222. The van der Waals surface area contributed by atoms with Crippen molar-refractivity contribution < 1.29 is 5.11 Å². The topological polar surface area (TPSA) is 50.9 Å². The molecule has 2 aliphatic heterocycles. The van der Waals surface area contributed by atoms with Crippen molar-refractivity contribution in [3.8, 4) is 0 Å². The second kappa shape index (κ2) is 4.98. The molecule has 1 atom stereocenters. The molecule has 0 aliphatic carbocycles. The number of aliphatic hydroxyl groups is 1. The number of rotatable bonds is 2. The van der Waals surface area contributed by atoms with Crippen LogP contribution in [-0.4, -0.2) is 38.0 Å². The molecule has 3 heterocycles. The van der Waals surface area contributed by atoms with Crippen LogP contribution in [0.5, 0.6) is 0 Å². The maximum Gasteiger partial charge on any atom is 0.136 e. The average Bonchev–Trinajstić information content (AvgIpc) is 2.83. The van der Waals surface area contributed by atoms with Crippen molar-refractivity contribution in [1.29, 1.82) is 0 Å². The Morgan fingerprint density at radius 1 is 1.24 bits per heavy atom. The normalized spacial score (nSPS) is 25.8. The molecule has 1 fully saturated rings. The molecule has 5 heteroatoms. The molecule has 0 spiro atoms. The fourth-order valence-electron chi connectivity index (χ4n) is 2.94. The van der Waals surface area contributed by atoms with Gasteiger partial charge in [-0.3, -0.25) is 0 Å². The number of aromatic nitrogens is 3. The highest BCUT2D eigenvalue weighted by atomic mass is 32.2. The molecule has 0 aromatic carbocycles. The first-order chi connectivity index (χ1) is 8.40. The van der Waals surface area contributed by atoms with Gasteiger partial charge in [-0.2, -0.15) is 11.8 Å².